The van der Waals surface area contributed by atoms with Gasteiger partial charge in [-0.3, -0.25) is 9.59 Å². The molecule has 0 saturated carbocycles. The van der Waals surface area contributed by atoms with Gasteiger partial charge in [0.1, 0.15) is 0 Å². The van der Waals surface area contributed by atoms with Crippen LogP contribution < -0.4 is 19.5 Å². The number of aromatic hydroxyl groups is 1. The van der Waals surface area contributed by atoms with Crippen LogP contribution in [0.3, 0.4) is 0 Å². The van der Waals surface area contributed by atoms with E-state index in [4.69, 9.17) is 16.3 Å². The van der Waals surface area contributed by atoms with Crippen LogP contribution in [-0.2, 0) is 4.79 Å². The number of aromatic amines is 1. The third-order valence-corrected chi connectivity index (χ3v) is 4.58. The van der Waals surface area contributed by atoms with Crippen LogP contribution in [0.25, 0.3) is 12.2 Å². The molecule has 5 nitrogen and oxygen atoms in total. The van der Waals surface area contributed by atoms with Crippen molar-refractivity contribution in [2.75, 3.05) is 6.61 Å². The summed E-state index contributed by atoms with van der Waals surface area (Å²) in [5.41, 5.74) is -0.186. The van der Waals surface area contributed by atoms with Gasteiger partial charge in [-0.15, -0.1) is 11.3 Å². The molecule has 1 heterocycles. The second kappa shape index (κ2) is 7.45. The summed E-state index contributed by atoms with van der Waals surface area (Å²) in [4.78, 5) is 26.9. The van der Waals surface area contributed by atoms with E-state index >= 15 is 0 Å². The highest BCUT2D eigenvalue weighted by Crippen LogP contribution is 2.35. The molecule has 1 aromatic carbocycles. The predicted octanol–water partition coefficient (Wildman–Crippen LogP) is 2.42. The summed E-state index contributed by atoms with van der Waals surface area (Å²) in [6, 6.07) is 3.15. The number of rotatable bonds is 4. The fourth-order valence-electron chi connectivity index (χ4n) is 1.95. The molecule has 0 bridgehead atoms. The first-order valence-corrected chi connectivity index (χ1v) is 8.93. The number of phenolic OH excluding ortho intramolecular Hbond substituents is 1. The number of hydrogen-bond donors (Lipinski definition) is 2. The van der Waals surface area contributed by atoms with Crippen molar-refractivity contribution < 1.29 is 14.6 Å². The average Bonchev–Trinajstić information content (AvgIpc) is 2.83. The van der Waals surface area contributed by atoms with Crippen LogP contribution in [0.1, 0.15) is 33.3 Å². The van der Waals surface area contributed by atoms with Gasteiger partial charge in [0, 0.05) is 11.5 Å². The third-order valence-electron chi connectivity index (χ3n) is 3.33. The molecule has 0 aliphatic rings. The molecule has 2 N–H and O–H groups in total. The predicted molar refractivity (Wildman–Crippen MR) is 101 cm³/mol. The van der Waals surface area contributed by atoms with E-state index in [0.717, 1.165) is 0 Å². The zero-order valence-corrected chi connectivity index (χ0v) is 16.0. The molecule has 0 amide bonds. The number of thiazole rings is 1. The molecule has 7 heteroatoms. The largest absolute Gasteiger partial charge is 0.503 e. The standard InChI is InChI=1S/C18H20ClNO4S/c1-5-24-12-7-10(6-11(19)16(12)22)8-13-17(23)20-15(25-13)9-14(21)18(2,3)4/h6-9,22H,5H2,1-4H3,(H,20,23)/b13-8+,15-9+. The van der Waals surface area contributed by atoms with E-state index in [1.165, 1.54) is 17.4 Å². The second-order valence-electron chi connectivity index (χ2n) is 6.47. The van der Waals surface area contributed by atoms with Gasteiger partial charge in [-0.2, -0.15) is 0 Å². The Morgan fingerprint density at radius 1 is 1.40 bits per heavy atom. The number of carbonyl (C=O) groups is 1. The fraction of sp³-hybridized carbons (Fsp3) is 0.333. The number of ketones is 1. The van der Waals surface area contributed by atoms with Gasteiger partial charge >= 0.3 is 0 Å². The maximum Gasteiger partial charge on any atom is 0.266 e. The van der Waals surface area contributed by atoms with Crippen molar-refractivity contribution in [2.45, 2.75) is 27.7 Å². The number of nitrogens with one attached hydrogen (secondary N) is 1. The number of aromatic nitrogens is 1. The molecule has 0 aliphatic carbocycles. The normalized spacial score (nSPS) is 13.3. The van der Waals surface area contributed by atoms with Crippen molar-refractivity contribution in [1.82, 2.24) is 4.98 Å². The van der Waals surface area contributed by atoms with Crippen molar-refractivity contribution >= 4 is 40.9 Å². The Kier molecular flexibility index (Phi) is 5.75. The lowest BCUT2D eigenvalue weighted by molar-refractivity contribution is -0.119. The van der Waals surface area contributed by atoms with Gasteiger partial charge in [0.15, 0.2) is 17.3 Å². The number of Topliss-reactive ketones (excluding diaryl/α,β-unsaturated/α-hetero) is 1. The van der Waals surface area contributed by atoms with Gasteiger partial charge < -0.3 is 14.8 Å². The number of hydrogen-bond acceptors (Lipinski definition) is 5. The number of ether oxygens (including phenoxy) is 1. The number of phenols is 1. The van der Waals surface area contributed by atoms with Gasteiger partial charge in [-0.25, -0.2) is 0 Å². The lowest BCUT2D eigenvalue weighted by Gasteiger charge is -2.12. The lowest BCUT2D eigenvalue weighted by atomic mass is 9.91. The van der Waals surface area contributed by atoms with Gasteiger partial charge in [-0.1, -0.05) is 32.4 Å². The monoisotopic (exact) mass is 381 g/mol. The highest BCUT2D eigenvalue weighted by molar-refractivity contribution is 7.07. The number of halogens is 1. The van der Waals surface area contributed by atoms with E-state index in [9.17, 15) is 14.7 Å². The smallest absolute Gasteiger partial charge is 0.266 e. The van der Waals surface area contributed by atoms with Crippen LogP contribution >= 0.6 is 22.9 Å². The van der Waals surface area contributed by atoms with E-state index in [0.29, 0.717) is 21.4 Å². The van der Waals surface area contributed by atoms with Crippen molar-refractivity contribution in [1.29, 1.82) is 0 Å². The van der Waals surface area contributed by atoms with Gasteiger partial charge in [-0.05, 0) is 30.7 Å². The molecule has 2 aromatic rings. The summed E-state index contributed by atoms with van der Waals surface area (Å²) in [5.74, 6) is 0.0531. The molecule has 0 unspecified atom stereocenters. The molecular weight excluding hydrogens is 362 g/mol. The zero-order chi connectivity index (χ0) is 18.8. The van der Waals surface area contributed by atoms with E-state index in [1.54, 1.807) is 25.1 Å². The number of carbonyl (C=O) groups excluding carboxylic acids is 1. The Balaban J connectivity index is 2.52. The Morgan fingerprint density at radius 2 is 2.08 bits per heavy atom. The molecule has 0 radical (unpaired) electrons. The summed E-state index contributed by atoms with van der Waals surface area (Å²) in [6.07, 6.45) is 3.08. The molecule has 1 aromatic heterocycles. The van der Waals surface area contributed by atoms with Gasteiger partial charge in [0.05, 0.1) is 20.8 Å². The molecule has 0 spiro atoms. The van der Waals surface area contributed by atoms with Gasteiger partial charge in [0.2, 0.25) is 0 Å². The number of benzene rings is 1. The molecule has 2 rings (SSSR count). The molecule has 25 heavy (non-hydrogen) atoms. The second-order valence-corrected chi connectivity index (χ2v) is 7.96. The number of H-pyrrole nitrogens is 1. The summed E-state index contributed by atoms with van der Waals surface area (Å²) >= 11 is 7.18. The Morgan fingerprint density at radius 3 is 2.68 bits per heavy atom. The van der Waals surface area contributed by atoms with E-state index in [-0.39, 0.29) is 27.9 Å². The molecule has 0 atom stereocenters. The van der Waals surface area contributed by atoms with Crippen molar-refractivity contribution in [3.8, 4) is 11.5 Å². The average molecular weight is 382 g/mol. The first kappa shape index (κ1) is 19.3. The highest BCUT2D eigenvalue weighted by Gasteiger charge is 2.18. The Bertz CT molecular complexity index is 966. The summed E-state index contributed by atoms with van der Waals surface area (Å²) in [6.45, 7) is 7.62. The highest BCUT2D eigenvalue weighted by atomic mass is 35.5. The van der Waals surface area contributed by atoms with E-state index in [1.807, 2.05) is 20.8 Å². The van der Waals surface area contributed by atoms with Crippen LogP contribution in [0.15, 0.2) is 16.9 Å². The maximum atomic E-state index is 12.1. The first-order chi connectivity index (χ1) is 11.6. The third kappa shape index (κ3) is 4.74. The van der Waals surface area contributed by atoms with Crippen LogP contribution in [0.2, 0.25) is 5.02 Å². The van der Waals surface area contributed by atoms with Gasteiger partial charge in [0.25, 0.3) is 5.56 Å². The molecular formula is C18H20ClNO4S. The van der Waals surface area contributed by atoms with Crippen molar-refractivity contribution in [3.63, 3.8) is 0 Å². The SMILES string of the molecule is CCOc1cc(/C=c2/s/c(=C/C(=O)C(C)(C)C)[nH]c2=O)cc(Cl)c1O. The molecule has 0 fully saturated rings. The molecule has 0 aliphatic heterocycles. The minimum absolute atomic E-state index is 0.0668. The summed E-state index contributed by atoms with van der Waals surface area (Å²) in [7, 11) is 0. The van der Waals surface area contributed by atoms with Crippen LogP contribution in [0.5, 0.6) is 11.5 Å². The quantitative estimate of drug-likeness (QED) is 0.852. The first-order valence-electron chi connectivity index (χ1n) is 7.74. The van der Waals surface area contributed by atoms with Crippen LogP contribution in [0.4, 0.5) is 0 Å². The minimum Gasteiger partial charge on any atom is -0.503 e. The molecule has 134 valence electrons. The topological polar surface area (TPSA) is 79.4 Å². The zero-order valence-electron chi connectivity index (χ0n) is 14.5. The Labute approximate surface area is 154 Å². The summed E-state index contributed by atoms with van der Waals surface area (Å²) in [5, 5.41) is 10.0. The van der Waals surface area contributed by atoms with E-state index < -0.39 is 5.41 Å². The van der Waals surface area contributed by atoms with Crippen molar-refractivity contribution in [3.05, 3.63) is 42.3 Å². The molecule has 0 saturated heterocycles. The van der Waals surface area contributed by atoms with Crippen molar-refractivity contribution in [2.24, 2.45) is 5.41 Å². The lowest BCUT2D eigenvalue weighted by Crippen LogP contribution is -2.22. The maximum absolute atomic E-state index is 12.1. The van der Waals surface area contributed by atoms with Crippen LogP contribution in [0, 0.1) is 5.41 Å². The van der Waals surface area contributed by atoms with E-state index in [2.05, 4.69) is 4.98 Å². The van der Waals surface area contributed by atoms with Crippen LogP contribution in [-0.4, -0.2) is 22.5 Å². The summed E-state index contributed by atoms with van der Waals surface area (Å²) < 4.78 is 6.25. The fourth-order valence-corrected chi connectivity index (χ4v) is 3.06. The minimum atomic E-state index is -0.512. The Hall–Kier alpha value is -2.05.